The number of rotatable bonds is 4. The molecule has 0 spiro atoms. The number of benzene rings is 1. The molecular weight excluding hydrogens is 220 g/mol. The Labute approximate surface area is 100 Å². The van der Waals surface area contributed by atoms with Crippen molar-refractivity contribution in [2.75, 3.05) is 31.2 Å². The average molecular weight is 236 g/mol. The van der Waals surface area contributed by atoms with Gasteiger partial charge < -0.3 is 15.2 Å². The third kappa shape index (κ3) is 2.88. The summed E-state index contributed by atoms with van der Waals surface area (Å²) >= 11 is 0. The predicted octanol–water partition coefficient (Wildman–Crippen LogP) is 1.37. The maximum absolute atomic E-state index is 11.6. The van der Waals surface area contributed by atoms with Gasteiger partial charge in [-0.25, -0.2) is 4.79 Å². The van der Waals surface area contributed by atoms with Crippen LogP contribution in [0.4, 0.5) is 10.5 Å². The molecule has 5 nitrogen and oxygen atoms in total. The molecule has 0 saturated carbocycles. The van der Waals surface area contributed by atoms with Gasteiger partial charge in [0.05, 0.1) is 12.3 Å². The highest BCUT2D eigenvalue weighted by Gasteiger charge is 2.21. The van der Waals surface area contributed by atoms with Crippen LogP contribution in [0.1, 0.15) is 6.42 Å². The summed E-state index contributed by atoms with van der Waals surface area (Å²) in [6.07, 6.45) is 0.548. The first-order valence-electron chi connectivity index (χ1n) is 5.68. The second-order valence-corrected chi connectivity index (χ2v) is 3.75. The fourth-order valence-corrected chi connectivity index (χ4v) is 1.70. The topological polar surface area (TPSA) is 64.8 Å². The van der Waals surface area contributed by atoms with Crippen LogP contribution in [-0.2, 0) is 4.74 Å². The van der Waals surface area contributed by atoms with E-state index >= 15 is 0 Å². The van der Waals surface area contributed by atoms with Crippen molar-refractivity contribution < 1.29 is 14.3 Å². The Morgan fingerprint density at radius 3 is 3.12 bits per heavy atom. The number of nitrogens with two attached hydrogens (primary N) is 1. The van der Waals surface area contributed by atoms with Gasteiger partial charge in [0.15, 0.2) is 0 Å². The van der Waals surface area contributed by atoms with E-state index in [0.717, 1.165) is 12.1 Å². The summed E-state index contributed by atoms with van der Waals surface area (Å²) in [5, 5.41) is 0. The first kappa shape index (κ1) is 11.7. The smallest absolute Gasteiger partial charge is 0.414 e. The molecule has 1 aromatic carbocycles. The van der Waals surface area contributed by atoms with Crippen LogP contribution in [0.3, 0.4) is 0 Å². The molecule has 1 aliphatic heterocycles. The minimum atomic E-state index is -0.299. The lowest BCUT2D eigenvalue weighted by Crippen LogP contribution is -2.37. The number of nitrogens with zero attached hydrogens (tertiary/aromatic N) is 1. The fourth-order valence-electron chi connectivity index (χ4n) is 1.70. The summed E-state index contributed by atoms with van der Waals surface area (Å²) in [5.41, 5.74) is 6.17. The number of anilines is 1. The summed E-state index contributed by atoms with van der Waals surface area (Å²) in [4.78, 5) is 13.2. The van der Waals surface area contributed by atoms with Crippen LogP contribution in [0.2, 0.25) is 0 Å². The third-order valence-electron chi connectivity index (χ3n) is 2.49. The van der Waals surface area contributed by atoms with Crippen molar-refractivity contribution in [2.45, 2.75) is 6.42 Å². The molecule has 5 heteroatoms. The van der Waals surface area contributed by atoms with E-state index in [1.807, 2.05) is 24.3 Å². The van der Waals surface area contributed by atoms with Crippen molar-refractivity contribution in [3.63, 3.8) is 0 Å². The van der Waals surface area contributed by atoms with Gasteiger partial charge >= 0.3 is 6.09 Å². The highest BCUT2D eigenvalue weighted by atomic mass is 16.6. The Hall–Kier alpha value is -1.75. The summed E-state index contributed by atoms with van der Waals surface area (Å²) in [6, 6.07) is 7.38. The van der Waals surface area contributed by atoms with E-state index in [1.165, 1.54) is 0 Å². The number of cyclic esters (lactones) is 1. The van der Waals surface area contributed by atoms with Gasteiger partial charge in [-0.3, -0.25) is 4.90 Å². The van der Waals surface area contributed by atoms with Crippen LogP contribution < -0.4 is 15.4 Å². The first-order chi connectivity index (χ1) is 8.31. The SMILES string of the molecule is NCCOc1cccc(N2CCCOC2=O)c1. The molecule has 2 rings (SSSR count). The van der Waals surface area contributed by atoms with Gasteiger partial charge in [-0.15, -0.1) is 0 Å². The van der Waals surface area contributed by atoms with E-state index in [0.29, 0.717) is 32.1 Å². The molecule has 1 fully saturated rings. The van der Waals surface area contributed by atoms with Crippen LogP contribution in [0, 0.1) is 0 Å². The van der Waals surface area contributed by atoms with E-state index in [9.17, 15) is 4.79 Å². The molecule has 0 bridgehead atoms. The number of hydrogen-bond donors (Lipinski definition) is 1. The molecule has 17 heavy (non-hydrogen) atoms. The van der Waals surface area contributed by atoms with Crippen LogP contribution >= 0.6 is 0 Å². The minimum Gasteiger partial charge on any atom is -0.492 e. The zero-order valence-electron chi connectivity index (χ0n) is 9.59. The van der Waals surface area contributed by atoms with Crippen molar-refractivity contribution >= 4 is 11.8 Å². The van der Waals surface area contributed by atoms with Gasteiger partial charge in [0.25, 0.3) is 0 Å². The van der Waals surface area contributed by atoms with E-state index in [2.05, 4.69) is 0 Å². The molecule has 1 aliphatic rings. The second-order valence-electron chi connectivity index (χ2n) is 3.75. The monoisotopic (exact) mass is 236 g/mol. The maximum Gasteiger partial charge on any atom is 0.414 e. The molecule has 92 valence electrons. The van der Waals surface area contributed by atoms with Crippen molar-refractivity contribution in [3.05, 3.63) is 24.3 Å². The van der Waals surface area contributed by atoms with Gasteiger partial charge in [-0.1, -0.05) is 6.07 Å². The molecule has 0 unspecified atom stereocenters. The molecule has 1 aromatic rings. The van der Waals surface area contributed by atoms with Gasteiger partial charge in [0, 0.05) is 19.2 Å². The molecule has 1 saturated heterocycles. The summed E-state index contributed by atoms with van der Waals surface area (Å²) in [6.45, 7) is 2.11. The average Bonchev–Trinajstić information content (AvgIpc) is 2.37. The van der Waals surface area contributed by atoms with Crippen molar-refractivity contribution in [2.24, 2.45) is 5.73 Å². The number of amides is 1. The standard InChI is InChI=1S/C12H16N2O3/c13-5-8-16-11-4-1-3-10(9-11)14-6-2-7-17-12(14)15/h1,3-4,9H,2,5-8,13H2. The van der Waals surface area contributed by atoms with Crippen LogP contribution in [0.25, 0.3) is 0 Å². The van der Waals surface area contributed by atoms with Gasteiger partial charge in [-0.05, 0) is 18.6 Å². The lowest BCUT2D eigenvalue weighted by Gasteiger charge is -2.26. The lowest BCUT2D eigenvalue weighted by atomic mass is 10.2. The molecule has 1 amide bonds. The highest BCUT2D eigenvalue weighted by molar-refractivity contribution is 5.88. The van der Waals surface area contributed by atoms with E-state index in [1.54, 1.807) is 4.90 Å². The van der Waals surface area contributed by atoms with Crippen LogP contribution in [-0.4, -0.2) is 32.4 Å². The Balaban J connectivity index is 2.11. The third-order valence-corrected chi connectivity index (χ3v) is 2.49. The zero-order chi connectivity index (χ0) is 12.1. The Kier molecular flexibility index (Phi) is 3.82. The molecule has 0 radical (unpaired) electrons. The fraction of sp³-hybridized carbons (Fsp3) is 0.417. The van der Waals surface area contributed by atoms with Crippen molar-refractivity contribution in [1.29, 1.82) is 0 Å². The van der Waals surface area contributed by atoms with Crippen molar-refractivity contribution in [1.82, 2.24) is 0 Å². The Morgan fingerprint density at radius 1 is 1.47 bits per heavy atom. The first-order valence-corrected chi connectivity index (χ1v) is 5.68. The summed E-state index contributed by atoms with van der Waals surface area (Å²) < 4.78 is 10.4. The van der Waals surface area contributed by atoms with Gasteiger partial charge in [-0.2, -0.15) is 0 Å². The second kappa shape index (κ2) is 5.54. The molecule has 2 N–H and O–H groups in total. The molecular formula is C12H16N2O3. The van der Waals surface area contributed by atoms with E-state index < -0.39 is 0 Å². The Morgan fingerprint density at radius 2 is 2.35 bits per heavy atom. The lowest BCUT2D eigenvalue weighted by molar-refractivity contribution is 0.140. The zero-order valence-corrected chi connectivity index (χ0v) is 9.59. The number of carbonyl (C=O) groups excluding carboxylic acids is 1. The van der Waals surface area contributed by atoms with Crippen LogP contribution in [0.5, 0.6) is 5.75 Å². The highest BCUT2D eigenvalue weighted by Crippen LogP contribution is 2.23. The summed E-state index contributed by atoms with van der Waals surface area (Å²) in [7, 11) is 0. The van der Waals surface area contributed by atoms with Gasteiger partial charge in [0.1, 0.15) is 12.4 Å². The van der Waals surface area contributed by atoms with Gasteiger partial charge in [0.2, 0.25) is 0 Å². The van der Waals surface area contributed by atoms with Crippen molar-refractivity contribution in [3.8, 4) is 5.75 Å². The molecule has 0 atom stereocenters. The molecule has 0 aromatic heterocycles. The summed E-state index contributed by atoms with van der Waals surface area (Å²) in [5.74, 6) is 0.714. The quantitative estimate of drug-likeness (QED) is 0.857. The number of ether oxygens (including phenoxy) is 2. The largest absolute Gasteiger partial charge is 0.492 e. The normalized spacial score (nSPS) is 15.6. The maximum atomic E-state index is 11.6. The molecule has 1 heterocycles. The molecule has 0 aliphatic carbocycles. The number of carbonyl (C=O) groups is 1. The Bertz CT molecular complexity index is 395. The predicted molar refractivity (Wildman–Crippen MR) is 64.3 cm³/mol. The van der Waals surface area contributed by atoms with Crippen LogP contribution in [0.15, 0.2) is 24.3 Å². The number of hydrogen-bond acceptors (Lipinski definition) is 4. The van der Waals surface area contributed by atoms with E-state index in [4.69, 9.17) is 15.2 Å². The minimum absolute atomic E-state index is 0.299. The van der Waals surface area contributed by atoms with E-state index in [-0.39, 0.29) is 6.09 Å².